The lowest BCUT2D eigenvalue weighted by Crippen LogP contribution is -2.14. The van der Waals surface area contributed by atoms with E-state index in [0.717, 1.165) is 6.26 Å². The minimum atomic E-state index is -3.40. The first-order valence-corrected chi connectivity index (χ1v) is 8.38. The van der Waals surface area contributed by atoms with Crippen molar-refractivity contribution >= 4 is 15.9 Å². The van der Waals surface area contributed by atoms with Crippen molar-refractivity contribution in [1.29, 1.82) is 0 Å². The van der Waals surface area contributed by atoms with Gasteiger partial charge in [0.05, 0.1) is 59.1 Å². The minimum absolute atomic E-state index is 0.00219. The molecular formula is C12H24O8S. The number of hydrogen-bond acceptors (Lipinski definition) is 8. The van der Waals surface area contributed by atoms with Gasteiger partial charge in [-0.05, 0) is 6.92 Å². The summed E-state index contributed by atoms with van der Waals surface area (Å²) in [7, 11) is -3.40. The van der Waals surface area contributed by atoms with Crippen LogP contribution in [0.3, 0.4) is 0 Å². The molecule has 0 bridgehead atoms. The van der Waals surface area contributed by atoms with Gasteiger partial charge in [0.15, 0.2) is 5.78 Å². The predicted molar refractivity (Wildman–Crippen MR) is 74.8 cm³/mol. The molecule has 0 aromatic rings. The van der Waals surface area contributed by atoms with E-state index in [1.165, 1.54) is 6.92 Å². The highest BCUT2D eigenvalue weighted by molar-refractivity contribution is 7.85. The second-order valence-corrected chi connectivity index (χ2v) is 5.76. The SMILES string of the molecule is CC(=O)COCCOCCOCCOCCOS(C)(=O)=O. The molecule has 0 saturated carbocycles. The summed E-state index contributed by atoms with van der Waals surface area (Å²) in [5.41, 5.74) is 0. The van der Waals surface area contributed by atoms with Gasteiger partial charge in [0.1, 0.15) is 6.61 Å². The predicted octanol–water partition coefficient (Wildman–Crippen LogP) is -0.382. The van der Waals surface area contributed by atoms with Gasteiger partial charge in [-0.2, -0.15) is 8.42 Å². The van der Waals surface area contributed by atoms with Gasteiger partial charge in [-0.15, -0.1) is 0 Å². The van der Waals surface area contributed by atoms with Gasteiger partial charge in [-0.1, -0.05) is 0 Å². The molecule has 126 valence electrons. The van der Waals surface area contributed by atoms with Gasteiger partial charge in [0, 0.05) is 0 Å². The summed E-state index contributed by atoms with van der Waals surface area (Å²) in [6.45, 7) is 4.17. The van der Waals surface area contributed by atoms with Crippen LogP contribution in [-0.4, -0.2) is 79.9 Å². The van der Waals surface area contributed by atoms with E-state index in [9.17, 15) is 13.2 Å². The number of Topliss-reactive ketones (excluding diaryl/α,β-unsaturated/α-hetero) is 1. The van der Waals surface area contributed by atoms with E-state index >= 15 is 0 Å². The van der Waals surface area contributed by atoms with E-state index in [2.05, 4.69) is 4.18 Å². The van der Waals surface area contributed by atoms with E-state index in [0.29, 0.717) is 39.6 Å². The van der Waals surface area contributed by atoms with Gasteiger partial charge in [0.25, 0.3) is 10.1 Å². The Morgan fingerprint density at radius 2 is 1.14 bits per heavy atom. The Morgan fingerprint density at radius 1 is 0.762 bits per heavy atom. The normalized spacial score (nSPS) is 11.7. The first-order chi connectivity index (χ1) is 9.92. The molecule has 0 aliphatic heterocycles. The summed E-state index contributed by atoms with van der Waals surface area (Å²) in [6, 6.07) is 0. The Labute approximate surface area is 125 Å². The van der Waals surface area contributed by atoms with E-state index in [1.54, 1.807) is 0 Å². The molecule has 0 aliphatic rings. The maximum Gasteiger partial charge on any atom is 0.264 e. The molecular weight excluding hydrogens is 304 g/mol. The topological polar surface area (TPSA) is 97.4 Å². The van der Waals surface area contributed by atoms with Crippen LogP contribution in [0.15, 0.2) is 0 Å². The van der Waals surface area contributed by atoms with Crippen molar-refractivity contribution in [3.8, 4) is 0 Å². The summed E-state index contributed by atoms with van der Waals surface area (Å²) < 4.78 is 46.3. The lowest BCUT2D eigenvalue weighted by Gasteiger charge is -2.07. The summed E-state index contributed by atoms with van der Waals surface area (Å²) in [6.07, 6.45) is 0.987. The molecule has 0 spiro atoms. The smallest absolute Gasteiger partial charge is 0.264 e. The van der Waals surface area contributed by atoms with Gasteiger partial charge in [-0.3, -0.25) is 8.98 Å². The molecule has 0 N–H and O–H groups in total. The number of hydrogen-bond donors (Lipinski definition) is 0. The molecule has 0 aliphatic carbocycles. The van der Waals surface area contributed by atoms with Crippen LogP contribution in [0.4, 0.5) is 0 Å². The highest BCUT2D eigenvalue weighted by Crippen LogP contribution is 1.87. The zero-order valence-corrected chi connectivity index (χ0v) is 13.4. The maximum absolute atomic E-state index is 10.6. The third-order valence-electron chi connectivity index (χ3n) is 1.95. The standard InChI is InChI=1S/C12H24O8S/c1-12(13)11-19-8-7-17-4-3-16-5-6-18-9-10-20-21(2,14)15/h3-11H2,1-2H3. The van der Waals surface area contributed by atoms with Crippen LogP contribution in [0.5, 0.6) is 0 Å². The Hall–Kier alpha value is -0.580. The monoisotopic (exact) mass is 328 g/mol. The molecule has 0 aromatic carbocycles. The quantitative estimate of drug-likeness (QED) is 0.296. The zero-order chi connectivity index (χ0) is 16.0. The molecule has 8 nitrogen and oxygen atoms in total. The second kappa shape index (κ2) is 13.1. The molecule has 0 amide bonds. The van der Waals surface area contributed by atoms with Crippen molar-refractivity contribution in [3.05, 3.63) is 0 Å². The van der Waals surface area contributed by atoms with E-state index in [4.69, 9.17) is 18.9 Å². The van der Waals surface area contributed by atoms with Crippen molar-refractivity contribution in [3.63, 3.8) is 0 Å². The van der Waals surface area contributed by atoms with E-state index in [-0.39, 0.29) is 25.6 Å². The van der Waals surface area contributed by atoms with Crippen LogP contribution in [0, 0.1) is 0 Å². The number of rotatable bonds is 15. The number of ether oxygens (including phenoxy) is 4. The van der Waals surface area contributed by atoms with E-state index < -0.39 is 10.1 Å². The third kappa shape index (κ3) is 19.4. The molecule has 0 radical (unpaired) electrons. The molecule has 0 atom stereocenters. The molecule has 0 aromatic heterocycles. The van der Waals surface area contributed by atoms with Crippen LogP contribution in [0.2, 0.25) is 0 Å². The fourth-order valence-electron chi connectivity index (χ4n) is 1.12. The summed E-state index contributed by atoms with van der Waals surface area (Å²) in [5, 5.41) is 0. The Morgan fingerprint density at radius 3 is 1.52 bits per heavy atom. The summed E-state index contributed by atoms with van der Waals surface area (Å²) in [4.78, 5) is 10.6. The van der Waals surface area contributed by atoms with Crippen molar-refractivity contribution in [2.45, 2.75) is 6.92 Å². The van der Waals surface area contributed by atoms with Gasteiger partial charge in [-0.25, -0.2) is 0 Å². The van der Waals surface area contributed by atoms with Gasteiger partial charge < -0.3 is 18.9 Å². The van der Waals surface area contributed by atoms with Crippen LogP contribution >= 0.6 is 0 Å². The lowest BCUT2D eigenvalue weighted by atomic mass is 10.5. The first-order valence-electron chi connectivity index (χ1n) is 6.56. The first kappa shape index (κ1) is 20.4. The van der Waals surface area contributed by atoms with Gasteiger partial charge >= 0.3 is 0 Å². The van der Waals surface area contributed by atoms with Gasteiger partial charge in [0.2, 0.25) is 0 Å². The minimum Gasteiger partial charge on any atom is -0.377 e. The maximum atomic E-state index is 10.6. The lowest BCUT2D eigenvalue weighted by molar-refractivity contribution is -0.122. The van der Waals surface area contributed by atoms with Crippen molar-refractivity contribution < 1.29 is 36.3 Å². The van der Waals surface area contributed by atoms with Crippen molar-refractivity contribution in [2.75, 3.05) is 65.7 Å². The fraction of sp³-hybridized carbons (Fsp3) is 0.917. The second-order valence-electron chi connectivity index (χ2n) is 4.12. The third-order valence-corrected chi connectivity index (χ3v) is 2.54. The Kier molecular flexibility index (Phi) is 12.7. The van der Waals surface area contributed by atoms with Crippen molar-refractivity contribution in [2.24, 2.45) is 0 Å². The highest BCUT2D eigenvalue weighted by Gasteiger charge is 2.00. The number of carbonyl (C=O) groups is 1. The van der Waals surface area contributed by atoms with E-state index in [1.807, 2.05) is 0 Å². The largest absolute Gasteiger partial charge is 0.377 e. The molecule has 21 heavy (non-hydrogen) atoms. The molecule has 0 rings (SSSR count). The average molecular weight is 328 g/mol. The zero-order valence-electron chi connectivity index (χ0n) is 12.5. The average Bonchev–Trinajstić information content (AvgIpc) is 2.37. The van der Waals surface area contributed by atoms with Crippen LogP contribution in [-0.2, 0) is 38.0 Å². The number of ketones is 1. The Bertz CT molecular complexity index is 354. The molecule has 0 unspecified atom stereocenters. The summed E-state index contributed by atoms with van der Waals surface area (Å²) in [5.74, 6) is -0.0136. The molecule has 0 fully saturated rings. The number of carbonyl (C=O) groups excluding carboxylic acids is 1. The fourth-order valence-corrected chi connectivity index (χ4v) is 1.49. The summed E-state index contributed by atoms with van der Waals surface area (Å²) >= 11 is 0. The Balaban J connectivity index is 3.07. The molecule has 0 heterocycles. The molecule has 9 heteroatoms. The van der Waals surface area contributed by atoms with Crippen LogP contribution < -0.4 is 0 Å². The van der Waals surface area contributed by atoms with Crippen molar-refractivity contribution in [1.82, 2.24) is 0 Å². The molecule has 0 saturated heterocycles. The van der Waals surface area contributed by atoms with Crippen LogP contribution in [0.25, 0.3) is 0 Å². The van der Waals surface area contributed by atoms with Crippen LogP contribution in [0.1, 0.15) is 6.92 Å². The highest BCUT2D eigenvalue weighted by atomic mass is 32.2.